The second-order valence-corrected chi connectivity index (χ2v) is 6.68. The lowest BCUT2D eigenvalue weighted by Crippen LogP contribution is -2.31. The van der Waals surface area contributed by atoms with E-state index in [-0.39, 0.29) is 5.82 Å². The Labute approximate surface area is 132 Å². The molecule has 0 fully saturated rings. The molecule has 0 spiro atoms. The largest absolute Gasteiger partial charge is 0.351 e. The maximum Gasteiger partial charge on any atom is 0.141 e. The van der Waals surface area contributed by atoms with E-state index >= 15 is 0 Å². The van der Waals surface area contributed by atoms with Gasteiger partial charge in [-0.3, -0.25) is 0 Å². The zero-order valence-corrected chi connectivity index (χ0v) is 13.2. The Hall–Kier alpha value is -2.01. The molecule has 1 aliphatic rings. The number of hydrogen-bond acceptors (Lipinski definition) is 4. The first-order chi connectivity index (χ1) is 10.7. The summed E-state index contributed by atoms with van der Waals surface area (Å²) in [4.78, 5) is 13.6. The number of halogens is 1. The first-order valence-corrected chi connectivity index (χ1v) is 8.32. The summed E-state index contributed by atoms with van der Waals surface area (Å²) in [5, 5.41) is 1.13. The van der Waals surface area contributed by atoms with Gasteiger partial charge in [-0.25, -0.2) is 14.4 Å². The highest BCUT2D eigenvalue weighted by Gasteiger charge is 2.20. The maximum absolute atomic E-state index is 13.3. The van der Waals surface area contributed by atoms with Gasteiger partial charge in [0.05, 0.1) is 5.39 Å². The third-order valence-electron chi connectivity index (χ3n) is 4.19. The molecule has 4 rings (SSSR count). The third-order valence-corrected chi connectivity index (χ3v) is 5.38. The summed E-state index contributed by atoms with van der Waals surface area (Å²) in [6.07, 6.45) is 3.51. The normalized spacial score (nSPS) is 14.4. The first-order valence-electron chi connectivity index (χ1n) is 7.50. The molecule has 0 saturated heterocycles. The molecule has 0 saturated carbocycles. The summed E-state index contributed by atoms with van der Waals surface area (Å²) in [5.41, 5.74) is 2.30. The number of benzene rings is 1. The lowest BCUT2D eigenvalue weighted by molar-refractivity contribution is 0.619. The van der Waals surface area contributed by atoms with Crippen molar-refractivity contribution in [2.24, 2.45) is 0 Å². The van der Waals surface area contributed by atoms with Gasteiger partial charge in [-0.05, 0) is 42.2 Å². The Bertz CT molecular complexity index is 843. The van der Waals surface area contributed by atoms with E-state index in [0.29, 0.717) is 0 Å². The van der Waals surface area contributed by atoms with Crippen LogP contribution >= 0.6 is 11.3 Å². The van der Waals surface area contributed by atoms with Crippen LogP contribution in [0, 0.1) is 5.82 Å². The van der Waals surface area contributed by atoms with Gasteiger partial charge in [0.1, 0.15) is 22.8 Å². The van der Waals surface area contributed by atoms with E-state index in [1.165, 1.54) is 16.5 Å². The van der Waals surface area contributed by atoms with Crippen LogP contribution in [0.5, 0.6) is 0 Å². The molecule has 22 heavy (non-hydrogen) atoms. The highest BCUT2D eigenvalue weighted by Crippen LogP contribution is 2.33. The number of aryl methyl sites for hydroxylation is 1. The molecule has 0 amide bonds. The van der Waals surface area contributed by atoms with Crippen LogP contribution in [0.3, 0.4) is 0 Å². The molecule has 3 heterocycles. The molecular formula is C17H16FN3S. The van der Waals surface area contributed by atoms with Gasteiger partial charge in [0, 0.05) is 18.0 Å². The van der Waals surface area contributed by atoms with Crippen LogP contribution in [0.4, 0.5) is 10.2 Å². The predicted molar refractivity (Wildman–Crippen MR) is 87.9 cm³/mol. The number of rotatable bonds is 2. The molecule has 0 aliphatic carbocycles. The number of aromatic nitrogens is 2. The molecule has 0 atom stereocenters. The molecule has 0 radical (unpaired) electrons. The van der Waals surface area contributed by atoms with E-state index in [9.17, 15) is 4.39 Å². The number of anilines is 1. The zero-order valence-electron chi connectivity index (χ0n) is 12.3. The Morgan fingerprint density at radius 1 is 1.23 bits per heavy atom. The molecule has 112 valence electrons. The van der Waals surface area contributed by atoms with Crippen molar-refractivity contribution in [2.75, 3.05) is 11.4 Å². The van der Waals surface area contributed by atoms with Crippen LogP contribution in [0.1, 0.15) is 22.9 Å². The summed E-state index contributed by atoms with van der Waals surface area (Å²) in [6.45, 7) is 3.79. The molecule has 0 unspecified atom stereocenters. The van der Waals surface area contributed by atoms with Crippen LogP contribution < -0.4 is 4.90 Å². The number of nitrogens with zero attached hydrogens (tertiary/aromatic N) is 3. The van der Waals surface area contributed by atoms with E-state index in [1.54, 1.807) is 23.7 Å². The standard InChI is InChI=1S/C17H16FN3S/c1-2-14-8-15-16(19-10-20-17(15)22-14)21-6-5-11-7-13(18)4-3-12(11)9-21/h3-4,7-8,10H,2,5-6,9H2,1H3. The van der Waals surface area contributed by atoms with Crippen molar-refractivity contribution in [1.29, 1.82) is 0 Å². The van der Waals surface area contributed by atoms with Crippen molar-refractivity contribution < 1.29 is 4.39 Å². The molecule has 1 aromatic carbocycles. The molecular weight excluding hydrogens is 297 g/mol. The smallest absolute Gasteiger partial charge is 0.141 e. The summed E-state index contributed by atoms with van der Waals surface area (Å²) < 4.78 is 13.3. The fraction of sp³-hybridized carbons (Fsp3) is 0.294. The van der Waals surface area contributed by atoms with Crippen molar-refractivity contribution in [3.63, 3.8) is 0 Å². The summed E-state index contributed by atoms with van der Waals surface area (Å²) in [5.74, 6) is 0.845. The van der Waals surface area contributed by atoms with Crippen LogP contribution in [0.15, 0.2) is 30.6 Å². The second-order valence-electron chi connectivity index (χ2n) is 5.57. The van der Waals surface area contributed by atoms with Gasteiger partial charge >= 0.3 is 0 Å². The van der Waals surface area contributed by atoms with Crippen LogP contribution in [-0.2, 0) is 19.4 Å². The predicted octanol–water partition coefficient (Wildman–Crippen LogP) is 3.96. The van der Waals surface area contributed by atoms with E-state index < -0.39 is 0 Å². The molecule has 5 heteroatoms. The summed E-state index contributed by atoms with van der Waals surface area (Å²) >= 11 is 1.74. The molecule has 3 aromatic rings. The highest BCUT2D eigenvalue weighted by atomic mass is 32.1. The quantitative estimate of drug-likeness (QED) is 0.717. The highest BCUT2D eigenvalue weighted by molar-refractivity contribution is 7.18. The number of fused-ring (bicyclic) bond motifs is 2. The molecule has 1 aliphatic heterocycles. The van der Waals surface area contributed by atoms with Crippen LogP contribution in [-0.4, -0.2) is 16.5 Å². The minimum Gasteiger partial charge on any atom is -0.351 e. The van der Waals surface area contributed by atoms with Crippen molar-refractivity contribution >= 4 is 27.4 Å². The van der Waals surface area contributed by atoms with E-state index in [4.69, 9.17) is 0 Å². The minimum absolute atomic E-state index is 0.151. The van der Waals surface area contributed by atoms with Crippen LogP contribution in [0.2, 0.25) is 0 Å². The molecule has 3 nitrogen and oxygen atoms in total. The van der Waals surface area contributed by atoms with E-state index in [0.717, 1.165) is 47.5 Å². The lowest BCUT2D eigenvalue weighted by atomic mass is 9.99. The Balaban J connectivity index is 1.74. The van der Waals surface area contributed by atoms with E-state index in [1.807, 2.05) is 6.07 Å². The van der Waals surface area contributed by atoms with Crippen molar-refractivity contribution in [1.82, 2.24) is 9.97 Å². The van der Waals surface area contributed by atoms with Gasteiger partial charge < -0.3 is 4.90 Å². The van der Waals surface area contributed by atoms with Crippen molar-refractivity contribution in [3.05, 3.63) is 52.4 Å². The van der Waals surface area contributed by atoms with Gasteiger partial charge in [0.25, 0.3) is 0 Å². The van der Waals surface area contributed by atoms with Gasteiger partial charge in [0.15, 0.2) is 0 Å². The number of hydrogen-bond donors (Lipinski definition) is 0. The lowest BCUT2D eigenvalue weighted by Gasteiger charge is -2.30. The van der Waals surface area contributed by atoms with Gasteiger partial charge in [0.2, 0.25) is 0 Å². The average Bonchev–Trinajstić information content (AvgIpc) is 2.97. The van der Waals surface area contributed by atoms with Crippen LogP contribution in [0.25, 0.3) is 10.2 Å². The number of thiophene rings is 1. The third kappa shape index (κ3) is 2.25. The Morgan fingerprint density at radius 2 is 2.14 bits per heavy atom. The monoisotopic (exact) mass is 313 g/mol. The molecule has 0 N–H and O–H groups in total. The summed E-state index contributed by atoms with van der Waals surface area (Å²) in [6, 6.07) is 7.29. The minimum atomic E-state index is -0.151. The molecule has 0 bridgehead atoms. The van der Waals surface area contributed by atoms with Gasteiger partial charge in [-0.15, -0.1) is 11.3 Å². The summed E-state index contributed by atoms with van der Waals surface area (Å²) in [7, 11) is 0. The molecule has 2 aromatic heterocycles. The van der Waals surface area contributed by atoms with Crippen molar-refractivity contribution in [3.8, 4) is 0 Å². The van der Waals surface area contributed by atoms with Gasteiger partial charge in [-0.1, -0.05) is 13.0 Å². The second kappa shape index (κ2) is 5.32. The maximum atomic E-state index is 13.3. The van der Waals surface area contributed by atoms with Crippen molar-refractivity contribution in [2.45, 2.75) is 26.3 Å². The average molecular weight is 313 g/mol. The van der Waals surface area contributed by atoms with E-state index in [2.05, 4.69) is 27.9 Å². The fourth-order valence-corrected chi connectivity index (χ4v) is 3.95. The van der Waals surface area contributed by atoms with Gasteiger partial charge in [-0.2, -0.15) is 0 Å². The Kier molecular flexibility index (Phi) is 3.30. The zero-order chi connectivity index (χ0) is 15.1. The Morgan fingerprint density at radius 3 is 3.00 bits per heavy atom. The topological polar surface area (TPSA) is 29.0 Å². The first kappa shape index (κ1) is 13.6. The fourth-order valence-electron chi connectivity index (χ4n) is 3.02. The SMILES string of the molecule is CCc1cc2c(N3CCc4cc(F)ccc4C3)ncnc2s1.